The van der Waals surface area contributed by atoms with Crippen molar-refractivity contribution >= 4 is 34.4 Å². The number of anilines is 1. The number of carboxylic acid groups (broad SMARTS) is 2. The molecule has 0 bridgehead atoms. The molecule has 13 heteroatoms. The summed E-state index contributed by atoms with van der Waals surface area (Å²) in [4.78, 5) is 26.4. The van der Waals surface area contributed by atoms with Crippen molar-refractivity contribution in [2.75, 3.05) is 18.5 Å². The molecule has 0 amide bonds. The normalized spacial score (nSPS) is 11.8. The lowest BCUT2D eigenvalue weighted by molar-refractivity contribution is -0.134. The molecule has 1 aromatic heterocycles. The van der Waals surface area contributed by atoms with Crippen molar-refractivity contribution in [1.29, 1.82) is 0 Å². The number of alkyl halides is 3. The van der Waals surface area contributed by atoms with Gasteiger partial charge in [0.15, 0.2) is 11.1 Å². The van der Waals surface area contributed by atoms with E-state index in [2.05, 4.69) is 15.3 Å². The van der Waals surface area contributed by atoms with Crippen LogP contribution in [0.5, 0.6) is 0 Å². The second-order valence-corrected chi connectivity index (χ2v) is 5.63. The van der Waals surface area contributed by atoms with E-state index in [9.17, 15) is 22.8 Å². The lowest BCUT2D eigenvalue weighted by Crippen LogP contribution is -2.25. The highest BCUT2D eigenvalue weighted by Crippen LogP contribution is 2.17. The number of guanidine groups is 1. The van der Waals surface area contributed by atoms with Crippen LogP contribution in [0.2, 0.25) is 0 Å². The van der Waals surface area contributed by atoms with Gasteiger partial charge in [0.1, 0.15) is 6.54 Å². The lowest BCUT2D eigenvalue weighted by atomic mass is 10.2. The fourth-order valence-corrected chi connectivity index (χ4v) is 2.12. The highest BCUT2D eigenvalue weighted by Gasteiger charge is 2.26. The first-order valence-corrected chi connectivity index (χ1v) is 8.24. The number of nitrogens with zero attached hydrogens (tertiary/aromatic N) is 2. The van der Waals surface area contributed by atoms with Crippen LogP contribution in [0, 0.1) is 0 Å². The smallest absolute Gasteiger partial charge is 0.408 e. The lowest BCUT2D eigenvalue weighted by Gasteiger charge is -2.04. The third-order valence-electron chi connectivity index (χ3n) is 2.42. The molecule has 0 atom stereocenters. The summed E-state index contributed by atoms with van der Waals surface area (Å²) >= 11 is 1.24. The van der Waals surface area contributed by atoms with Gasteiger partial charge in [0.05, 0.1) is 5.69 Å². The molecule has 0 fully saturated rings. The number of aliphatic hydroxyl groups excluding tert-OH is 1. The Hall–Kier alpha value is -2.67. The second kappa shape index (κ2) is 12.6. The number of aryl methyl sites for hydroxylation is 1. The number of unbranched alkanes of at least 4 members (excludes halogenated alkanes) is 1. The monoisotopic (exact) mass is 412 g/mol. The summed E-state index contributed by atoms with van der Waals surface area (Å²) in [5.41, 5.74) is 6.13. The minimum absolute atomic E-state index is 0.131. The molecule has 0 aliphatic rings. The fourth-order valence-electron chi connectivity index (χ4n) is 1.36. The molecule has 9 nitrogen and oxygen atoms in total. The first-order valence-electron chi connectivity index (χ1n) is 7.36. The number of halogens is 3. The van der Waals surface area contributed by atoms with E-state index >= 15 is 0 Å². The first kappa shape index (κ1) is 24.3. The number of rotatable bonds is 8. The van der Waals surface area contributed by atoms with Gasteiger partial charge in [-0.2, -0.15) is 13.2 Å². The SMILES string of the molecule is NC(=NCC(F)(F)F)Nc1nc(CCCCO)cs1.O=C(O)C=CC(=O)O. The minimum Gasteiger partial charge on any atom is -0.478 e. The topological polar surface area (TPSA) is 158 Å². The van der Waals surface area contributed by atoms with Crippen LogP contribution in [0.1, 0.15) is 18.5 Å². The molecule has 0 saturated heterocycles. The highest BCUT2D eigenvalue weighted by molar-refractivity contribution is 7.13. The maximum absolute atomic E-state index is 11.9. The van der Waals surface area contributed by atoms with E-state index in [4.69, 9.17) is 21.1 Å². The van der Waals surface area contributed by atoms with Crippen LogP contribution in [0.4, 0.5) is 18.3 Å². The average molecular weight is 412 g/mol. The number of hydrogen-bond donors (Lipinski definition) is 5. The Morgan fingerprint density at radius 1 is 1.26 bits per heavy atom. The van der Waals surface area contributed by atoms with Crippen LogP contribution < -0.4 is 11.1 Å². The van der Waals surface area contributed by atoms with Gasteiger partial charge in [0.25, 0.3) is 0 Å². The zero-order valence-corrected chi connectivity index (χ0v) is 14.8. The average Bonchev–Trinajstić information content (AvgIpc) is 2.98. The van der Waals surface area contributed by atoms with Gasteiger partial charge in [-0.3, -0.25) is 0 Å². The summed E-state index contributed by atoms with van der Waals surface area (Å²) in [6.45, 7) is -1.19. The Balaban J connectivity index is 0.000000713. The number of carbonyl (C=O) groups is 2. The number of aliphatic hydroxyl groups is 1. The molecule has 0 aromatic carbocycles. The fraction of sp³-hybridized carbons (Fsp3) is 0.429. The highest BCUT2D eigenvalue weighted by atomic mass is 32.1. The third-order valence-corrected chi connectivity index (χ3v) is 3.23. The number of thiazole rings is 1. The molecule has 0 radical (unpaired) electrons. The van der Waals surface area contributed by atoms with Crippen molar-refractivity contribution in [2.24, 2.45) is 10.7 Å². The van der Waals surface area contributed by atoms with E-state index in [1.54, 1.807) is 5.38 Å². The third kappa shape index (κ3) is 15.3. The van der Waals surface area contributed by atoms with E-state index in [1.807, 2.05) is 0 Å². The van der Waals surface area contributed by atoms with Crippen molar-refractivity contribution in [3.05, 3.63) is 23.2 Å². The predicted octanol–water partition coefficient (Wildman–Crippen LogP) is 1.46. The zero-order chi connectivity index (χ0) is 20.9. The predicted molar refractivity (Wildman–Crippen MR) is 92.7 cm³/mol. The van der Waals surface area contributed by atoms with Crippen LogP contribution >= 0.6 is 11.3 Å². The number of nitrogens with one attached hydrogen (secondary N) is 1. The Kier molecular flexibility index (Phi) is 11.4. The molecule has 0 aliphatic heterocycles. The molecule has 152 valence electrons. The number of aliphatic imine (C=N–C) groups is 1. The van der Waals surface area contributed by atoms with E-state index in [0.29, 0.717) is 30.1 Å². The van der Waals surface area contributed by atoms with Crippen molar-refractivity contribution in [2.45, 2.75) is 25.4 Å². The van der Waals surface area contributed by atoms with Gasteiger partial charge in [0, 0.05) is 24.1 Å². The molecular weight excluding hydrogens is 393 g/mol. The van der Waals surface area contributed by atoms with Crippen LogP contribution in [0.25, 0.3) is 0 Å². The summed E-state index contributed by atoms with van der Waals surface area (Å²) in [6.07, 6.45) is -1.06. The summed E-state index contributed by atoms with van der Waals surface area (Å²) in [7, 11) is 0. The molecule has 1 aromatic rings. The Morgan fingerprint density at radius 2 is 1.85 bits per heavy atom. The molecular formula is C14H19F3N4O5S. The van der Waals surface area contributed by atoms with Gasteiger partial charge in [-0.05, 0) is 19.3 Å². The summed E-state index contributed by atoms with van der Waals surface area (Å²) < 4.78 is 35.7. The maximum atomic E-state index is 11.9. The van der Waals surface area contributed by atoms with Gasteiger partial charge >= 0.3 is 18.1 Å². The summed E-state index contributed by atoms with van der Waals surface area (Å²) in [6, 6.07) is 0. The maximum Gasteiger partial charge on any atom is 0.408 e. The van der Waals surface area contributed by atoms with Crippen LogP contribution in [0.15, 0.2) is 22.5 Å². The Labute approximate surface area is 156 Å². The van der Waals surface area contributed by atoms with E-state index < -0.39 is 24.7 Å². The number of nitrogens with two attached hydrogens (primary N) is 1. The van der Waals surface area contributed by atoms with Gasteiger partial charge in [-0.25, -0.2) is 19.6 Å². The molecule has 1 rings (SSSR count). The number of carboxylic acids is 2. The van der Waals surface area contributed by atoms with E-state index in [0.717, 1.165) is 12.1 Å². The second-order valence-electron chi connectivity index (χ2n) is 4.78. The Morgan fingerprint density at radius 3 is 2.33 bits per heavy atom. The molecule has 0 saturated carbocycles. The quantitative estimate of drug-likeness (QED) is 0.186. The van der Waals surface area contributed by atoms with Crippen molar-refractivity contribution in [3.63, 3.8) is 0 Å². The Bertz CT molecular complexity index is 645. The summed E-state index contributed by atoms with van der Waals surface area (Å²) in [5.74, 6) is -2.83. The molecule has 0 aliphatic carbocycles. The van der Waals surface area contributed by atoms with Crippen LogP contribution in [0.3, 0.4) is 0 Å². The molecule has 1 heterocycles. The standard InChI is InChI=1S/C10H15F3N4OS.C4H4O4/c11-10(12,13)6-15-8(14)17-9-16-7(5-19-9)3-1-2-4-18;5-3(6)1-2-4(7)8/h5,18H,1-4,6H2,(H3,14,15,16,17);1-2H,(H,5,6)(H,7,8). The van der Waals surface area contributed by atoms with Crippen molar-refractivity contribution < 1.29 is 38.1 Å². The van der Waals surface area contributed by atoms with Gasteiger partial charge in [-0.1, -0.05) is 0 Å². The van der Waals surface area contributed by atoms with Gasteiger partial charge in [-0.15, -0.1) is 11.3 Å². The number of aromatic nitrogens is 1. The zero-order valence-electron chi connectivity index (χ0n) is 13.9. The summed E-state index contributed by atoms with van der Waals surface area (Å²) in [5, 5.41) is 29.0. The van der Waals surface area contributed by atoms with Gasteiger partial charge < -0.3 is 26.4 Å². The van der Waals surface area contributed by atoms with Crippen LogP contribution in [-0.2, 0) is 16.0 Å². The number of aliphatic carboxylic acids is 2. The first-order chi connectivity index (χ1) is 12.5. The molecule has 6 N–H and O–H groups in total. The molecule has 0 spiro atoms. The van der Waals surface area contributed by atoms with Crippen molar-refractivity contribution in [1.82, 2.24) is 4.98 Å². The van der Waals surface area contributed by atoms with Crippen LogP contribution in [-0.4, -0.2) is 57.5 Å². The van der Waals surface area contributed by atoms with Gasteiger partial charge in [0.2, 0.25) is 0 Å². The van der Waals surface area contributed by atoms with E-state index in [1.165, 1.54) is 11.3 Å². The number of hydrogen-bond acceptors (Lipinski definition) is 6. The van der Waals surface area contributed by atoms with Crippen molar-refractivity contribution in [3.8, 4) is 0 Å². The largest absolute Gasteiger partial charge is 0.478 e. The van der Waals surface area contributed by atoms with E-state index in [-0.39, 0.29) is 12.6 Å². The minimum atomic E-state index is -4.37. The molecule has 0 unspecified atom stereocenters. The molecule has 27 heavy (non-hydrogen) atoms.